The van der Waals surface area contributed by atoms with E-state index in [0.29, 0.717) is 37.1 Å². The van der Waals surface area contributed by atoms with Gasteiger partial charge in [0.25, 0.3) is 0 Å². The van der Waals surface area contributed by atoms with E-state index in [1.807, 2.05) is 24.5 Å². The number of ether oxygens (including phenoxy) is 2. The van der Waals surface area contributed by atoms with Crippen molar-refractivity contribution >= 4 is 32.2 Å². The van der Waals surface area contributed by atoms with Crippen LogP contribution in [0.5, 0.6) is 0 Å². The number of hydrogen-bond acceptors (Lipinski definition) is 7. The number of thiazole rings is 1. The fraction of sp³-hybridized carbons (Fsp3) is 0.652. The van der Waals surface area contributed by atoms with E-state index >= 15 is 0 Å². The zero-order chi connectivity index (χ0) is 22.6. The quantitative estimate of drug-likeness (QED) is 0.641. The van der Waals surface area contributed by atoms with Crippen LogP contribution in [0.2, 0.25) is 0 Å². The zero-order valence-electron chi connectivity index (χ0n) is 18.4. The third kappa shape index (κ3) is 5.50. The third-order valence-corrected chi connectivity index (χ3v) is 10.2. The van der Waals surface area contributed by atoms with E-state index in [0.717, 1.165) is 38.0 Å². The average Bonchev–Trinajstić information content (AvgIpc) is 3.31. The number of hydrogen-bond donors (Lipinski definition) is 1. The first-order valence-corrected chi connectivity index (χ1v) is 13.9. The fourth-order valence-electron chi connectivity index (χ4n) is 4.89. The second kappa shape index (κ2) is 10.6. The molecule has 3 aliphatic rings. The zero-order valence-corrected chi connectivity index (χ0v) is 20.1. The number of anilines is 1. The first-order valence-electron chi connectivity index (χ1n) is 11.4. The lowest BCUT2D eigenvalue weighted by Crippen LogP contribution is -2.39. The SMILES string of the molecule is CC1C=C(C(CC2CCOCC2)C(=O)Nc2nccs2)C=CC1S(=O)(=O)C1CCOCC1. The number of carbonyl (C=O) groups is 1. The van der Waals surface area contributed by atoms with Gasteiger partial charge in [0.1, 0.15) is 0 Å². The Balaban J connectivity index is 1.52. The lowest BCUT2D eigenvalue weighted by atomic mass is 9.81. The van der Waals surface area contributed by atoms with Crippen molar-refractivity contribution in [3.05, 3.63) is 35.4 Å². The van der Waals surface area contributed by atoms with Crippen LogP contribution in [0.4, 0.5) is 5.13 Å². The second-order valence-corrected chi connectivity index (χ2v) is 12.2. The number of amides is 1. The first-order chi connectivity index (χ1) is 15.4. The Labute approximate surface area is 194 Å². The van der Waals surface area contributed by atoms with Gasteiger partial charge in [-0.15, -0.1) is 11.3 Å². The summed E-state index contributed by atoms with van der Waals surface area (Å²) >= 11 is 1.39. The van der Waals surface area contributed by atoms with Gasteiger partial charge >= 0.3 is 0 Å². The Kier molecular flexibility index (Phi) is 7.81. The Morgan fingerprint density at radius 2 is 1.88 bits per heavy atom. The number of allylic oxidation sites excluding steroid dienone is 2. The Bertz CT molecular complexity index is 930. The van der Waals surface area contributed by atoms with Gasteiger partial charge in [0.2, 0.25) is 5.91 Å². The second-order valence-electron chi connectivity index (χ2n) is 8.92. The highest BCUT2D eigenvalue weighted by molar-refractivity contribution is 7.92. The van der Waals surface area contributed by atoms with Gasteiger partial charge in [-0.25, -0.2) is 13.4 Å². The van der Waals surface area contributed by atoms with Gasteiger partial charge < -0.3 is 14.8 Å². The molecule has 0 spiro atoms. The molecule has 2 saturated heterocycles. The highest BCUT2D eigenvalue weighted by Crippen LogP contribution is 2.35. The number of nitrogens with zero attached hydrogens (tertiary/aromatic N) is 1. The van der Waals surface area contributed by atoms with Gasteiger partial charge in [0, 0.05) is 38.0 Å². The summed E-state index contributed by atoms with van der Waals surface area (Å²) in [6, 6.07) is 0. The number of rotatable bonds is 7. The molecule has 1 aromatic rings. The minimum atomic E-state index is -3.31. The number of carbonyl (C=O) groups excluding carboxylic acids is 1. The summed E-state index contributed by atoms with van der Waals surface area (Å²) < 4.78 is 37.3. The van der Waals surface area contributed by atoms with Crippen molar-refractivity contribution in [1.82, 2.24) is 4.98 Å². The van der Waals surface area contributed by atoms with Crippen molar-refractivity contribution in [2.75, 3.05) is 31.7 Å². The van der Waals surface area contributed by atoms with Crippen molar-refractivity contribution in [1.29, 1.82) is 0 Å². The largest absolute Gasteiger partial charge is 0.381 e. The molecule has 2 fully saturated rings. The molecule has 3 atom stereocenters. The summed E-state index contributed by atoms with van der Waals surface area (Å²) in [5.41, 5.74) is 0.900. The van der Waals surface area contributed by atoms with Crippen LogP contribution in [0.25, 0.3) is 0 Å². The molecule has 1 aliphatic carbocycles. The molecule has 4 rings (SSSR count). The predicted molar refractivity (Wildman–Crippen MR) is 125 cm³/mol. The monoisotopic (exact) mass is 480 g/mol. The van der Waals surface area contributed by atoms with Crippen LogP contribution in [0, 0.1) is 17.8 Å². The minimum absolute atomic E-state index is 0.0831. The molecule has 7 nitrogen and oxygen atoms in total. The van der Waals surface area contributed by atoms with Crippen LogP contribution in [-0.4, -0.2) is 56.2 Å². The lowest BCUT2D eigenvalue weighted by Gasteiger charge is -2.32. The third-order valence-electron chi connectivity index (χ3n) is 6.76. The molecular weight excluding hydrogens is 448 g/mol. The standard InChI is InChI=1S/C23H32N2O5S2/c1-16-14-18(2-3-21(16)32(27,28)19-6-11-30-12-7-19)20(15-17-4-9-29-10-5-17)22(26)25-23-24-8-13-31-23/h2-3,8,13-14,16-17,19-21H,4-7,9-12,15H2,1H3,(H,24,25,26). The molecule has 3 unspecified atom stereocenters. The summed E-state index contributed by atoms with van der Waals surface area (Å²) in [6.07, 6.45) is 11.0. The van der Waals surface area contributed by atoms with Crippen LogP contribution < -0.4 is 5.32 Å². The van der Waals surface area contributed by atoms with Gasteiger partial charge in [0.05, 0.1) is 16.4 Å². The van der Waals surface area contributed by atoms with Crippen molar-refractivity contribution in [3.63, 3.8) is 0 Å². The maximum Gasteiger partial charge on any atom is 0.233 e. The van der Waals surface area contributed by atoms with E-state index in [1.54, 1.807) is 12.3 Å². The van der Waals surface area contributed by atoms with Gasteiger partial charge in [-0.3, -0.25) is 4.79 Å². The molecular formula is C23H32N2O5S2. The number of nitrogens with one attached hydrogen (secondary N) is 1. The van der Waals surface area contributed by atoms with Crippen LogP contribution in [0.15, 0.2) is 35.4 Å². The minimum Gasteiger partial charge on any atom is -0.381 e. The molecule has 3 heterocycles. The molecule has 0 bridgehead atoms. The summed E-state index contributed by atoms with van der Waals surface area (Å²) in [5, 5.41) is 4.45. The molecule has 32 heavy (non-hydrogen) atoms. The molecule has 9 heteroatoms. The molecule has 1 aromatic heterocycles. The summed E-state index contributed by atoms with van der Waals surface area (Å²) in [4.78, 5) is 17.4. The Hall–Kier alpha value is -1.55. The molecule has 1 amide bonds. The normalized spacial score (nSPS) is 26.5. The Morgan fingerprint density at radius 3 is 2.50 bits per heavy atom. The van der Waals surface area contributed by atoms with Crippen molar-refractivity contribution in [2.24, 2.45) is 17.8 Å². The molecule has 1 N–H and O–H groups in total. The van der Waals surface area contributed by atoms with Crippen LogP contribution in [0.1, 0.15) is 39.0 Å². The molecule has 176 valence electrons. The van der Waals surface area contributed by atoms with Gasteiger partial charge in [-0.05, 0) is 49.5 Å². The molecule has 0 aromatic carbocycles. The van der Waals surface area contributed by atoms with Gasteiger partial charge in [-0.1, -0.05) is 25.2 Å². The van der Waals surface area contributed by atoms with Gasteiger partial charge in [0.15, 0.2) is 15.0 Å². The highest BCUT2D eigenvalue weighted by atomic mass is 32.2. The number of sulfone groups is 1. The molecule has 0 radical (unpaired) electrons. The van der Waals surface area contributed by atoms with Gasteiger partial charge in [-0.2, -0.15) is 0 Å². The van der Waals surface area contributed by atoms with E-state index in [1.165, 1.54) is 11.3 Å². The fourth-order valence-corrected chi connectivity index (χ4v) is 7.69. The number of aromatic nitrogens is 1. The first kappa shape index (κ1) is 23.6. The van der Waals surface area contributed by atoms with Crippen LogP contribution >= 0.6 is 11.3 Å². The lowest BCUT2D eigenvalue weighted by molar-refractivity contribution is -0.119. The maximum absolute atomic E-state index is 13.3. The summed E-state index contributed by atoms with van der Waals surface area (Å²) in [5.74, 6) is -0.204. The van der Waals surface area contributed by atoms with E-state index in [-0.39, 0.29) is 23.0 Å². The summed E-state index contributed by atoms with van der Waals surface area (Å²) in [7, 11) is -3.31. The Morgan fingerprint density at radius 1 is 1.19 bits per heavy atom. The average molecular weight is 481 g/mol. The highest BCUT2D eigenvalue weighted by Gasteiger charge is 2.38. The molecule has 0 saturated carbocycles. The van der Waals surface area contributed by atoms with E-state index in [4.69, 9.17) is 9.47 Å². The van der Waals surface area contributed by atoms with E-state index in [2.05, 4.69) is 10.3 Å². The molecule has 2 aliphatic heterocycles. The smallest absolute Gasteiger partial charge is 0.233 e. The van der Waals surface area contributed by atoms with Crippen molar-refractivity contribution in [3.8, 4) is 0 Å². The predicted octanol–water partition coefficient (Wildman–Crippen LogP) is 3.61. The van der Waals surface area contributed by atoms with Crippen LogP contribution in [-0.2, 0) is 24.1 Å². The summed E-state index contributed by atoms with van der Waals surface area (Å²) in [6.45, 7) is 4.39. The topological polar surface area (TPSA) is 94.6 Å². The van der Waals surface area contributed by atoms with E-state index < -0.39 is 15.1 Å². The van der Waals surface area contributed by atoms with Crippen molar-refractivity contribution in [2.45, 2.75) is 49.5 Å². The maximum atomic E-state index is 13.3. The van der Waals surface area contributed by atoms with Crippen molar-refractivity contribution < 1.29 is 22.7 Å². The van der Waals surface area contributed by atoms with Crippen LogP contribution in [0.3, 0.4) is 0 Å². The van der Waals surface area contributed by atoms with E-state index in [9.17, 15) is 13.2 Å².